The molecule has 248 valence electrons. The number of hydrogen-bond acceptors (Lipinski definition) is 7. The van der Waals surface area contributed by atoms with Crippen molar-refractivity contribution in [2.75, 3.05) is 30.0 Å². The Labute approximate surface area is 275 Å². The predicted octanol–water partition coefficient (Wildman–Crippen LogP) is 5.86. The second-order valence-electron chi connectivity index (χ2n) is 13.4. The second-order valence-corrected chi connectivity index (χ2v) is 17.4. The van der Waals surface area contributed by atoms with E-state index in [0.717, 1.165) is 48.9 Å². The van der Waals surface area contributed by atoms with Gasteiger partial charge in [0.2, 0.25) is 10.0 Å². The monoisotopic (exact) mass is 678 g/mol. The molecule has 2 aromatic rings. The van der Waals surface area contributed by atoms with Crippen LogP contribution in [-0.2, 0) is 33.9 Å². The van der Waals surface area contributed by atoms with Gasteiger partial charge in [0.15, 0.2) is 0 Å². The van der Waals surface area contributed by atoms with Crippen molar-refractivity contribution in [1.82, 2.24) is 4.72 Å². The van der Waals surface area contributed by atoms with Crippen molar-refractivity contribution in [2.24, 2.45) is 17.8 Å². The highest BCUT2D eigenvalue weighted by Crippen LogP contribution is 2.47. The molecule has 0 spiro atoms. The van der Waals surface area contributed by atoms with Crippen LogP contribution in [0.5, 0.6) is 5.75 Å². The molecule has 1 aliphatic carbocycles. The van der Waals surface area contributed by atoms with Gasteiger partial charge in [-0.2, -0.15) is 0 Å². The van der Waals surface area contributed by atoms with Crippen LogP contribution in [0.3, 0.4) is 0 Å². The third-order valence-electron chi connectivity index (χ3n) is 10.4. The van der Waals surface area contributed by atoms with E-state index in [1.807, 2.05) is 25.1 Å². The molecule has 2 aliphatic heterocycles. The molecule has 11 heteroatoms. The zero-order chi connectivity index (χ0) is 32.4. The highest BCUT2D eigenvalue weighted by molar-refractivity contribution is 7.90. The molecule has 0 aromatic heterocycles. The summed E-state index contributed by atoms with van der Waals surface area (Å²) in [5, 5.41) is 12.1. The molecule has 8 nitrogen and oxygen atoms in total. The zero-order valence-corrected chi connectivity index (χ0v) is 29.0. The van der Waals surface area contributed by atoms with Gasteiger partial charge in [0.25, 0.3) is 5.91 Å². The van der Waals surface area contributed by atoms with Crippen molar-refractivity contribution < 1.29 is 27.3 Å². The van der Waals surface area contributed by atoms with Crippen LogP contribution in [-0.4, -0.2) is 59.6 Å². The van der Waals surface area contributed by atoms with Gasteiger partial charge in [-0.1, -0.05) is 31.0 Å². The van der Waals surface area contributed by atoms with Gasteiger partial charge in [0.1, 0.15) is 12.4 Å². The highest BCUT2D eigenvalue weighted by Gasteiger charge is 2.46. The summed E-state index contributed by atoms with van der Waals surface area (Å²) in [6, 6.07) is 11.0. The summed E-state index contributed by atoms with van der Waals surface area (Å²) in [6.07, 6.45) is 8.48. The molecule has 2 aromatic carbocycles. The van der Waals surface area contributed by atoms with E-state index in [1.54, 1.807) is 31.4 Å². The summed E-state index contributed by atoms with van der Waals surface area (Å²) in [5.41, 5.74) is 2.24. The van der Waals surface area contributed by atoms with Crippen molar-refractivity contribution in [1.29, 1.82) is 0 Å². The van der Waals surface area contributed by atoms with Crippen molar-refractivity contribution >= 4 is 44.0 Å². The molecule has 2 bridgehead atoms. The number of anilines is 1. The number of hydrogen-bond donors (Lipinski definition) is 2. The van der Waals surface area contributed by atoms with E-state index in [4.69, 9.17) is 16.3 Å². The van der Waals surface area contributed by atoms with Gasteiger partial charge in [-0.15, -0.1) is 0 Å². The van der Waals surface area contributed by atoms with Gasteiger partial charge in [-0.05, 0) is 118 Å². The smallest absolute Gasteiger partial charge is 0.264 e. The van der Waals surface area contributed by atoms with Gasteiger partial charge in [-0.25, -0.2) is 13.1 Å². The van der Waals surface area contributed by atoms with E-state index < -0.39 is 37.6 Å². The molecule has 0 unspecified atom stereocenters. The number of amides is 1. The average Bonchev–Trinajstić information content (AvgIpc) is 3.00. The van der Waals surface area contributed by atoms with E-state index >= 15 is 0 Å². The lowest BCUT2D eigenvalue weighted by atomic mass is 9.62. The number of carbonyl (C=O) groups excluding carboxylic acids is 1. The molecule has 2 N–H and O–H groups in total. The largest absolute Gasteiger partial charge is 0.487 e. The standard InChI is InChI=1S/C34H47ClN2O6S2/c1-23-7-6-15-34(39,16-18-44(3)40)30-13-10-27(30)21-37-17-5-4-8-25-19-29(35)12-9-28(25)22-43-32-14-11-26(20-31(32)37)33(38)36-45(41,42)24(23)2/h9,11-12,14,19-20,23-24,27,30,39H,4-8,10,13,15-18,21-22H2,1-3H3,(H,36,38)/t23-,24+,27-,30+,34+,44+/m0/s1. The van der Waals surface area contributed by atoms with E-state index in [-0.39, 0.29) is 23.3 Å². The Bertz CT molecular complexity index is 1520. The average molecular weight is 679 g/mol. The van der Waals surface area contributed by atoms with Crippen molar-refractivity contribution in [3.8, 4) is 5.75 Å². The fourth-order valence-electron chi connectivity index (χ4n) is 7.23. The third-order valence-corrected chi connectivity index (χ3v) is 13.3. The van der Waals surface area contributed by atoms with Crippen LogP contribution < -0.4 is 14.4 Å². The number of ether oxygens (including phenoxy) is 1. The summed E-state index contributed by atoms with van der Waals surface area (Å²) < 4.78 is 47.5. The maximum atomic E-state index is 13.4. The first kappa shape index (κ1) is 34.2. The number of aliphatic hydroxyl groups is 1. The Morgan fingerprint density at radius 3 is 2.62 bits per heavy atom. The van der Waals surface area contributed by atoms with Crippen molar-refractivity contribution in [3.63, 3.8) is 0 Å². The van der Waals surface area contributed by atoms with Crippen LogP contribution in [0.4, 0.5) is 5.69 Å². The van der Waals surface area contributed by atoms with Gasteiger partial charge < -0.3 is 14.7 Å². The SMILES string of the molecule is C[C@@H]1[C@@H](C)CCC[C@@](O)(CC[S@@](C)=O)[C@@H]2CC[C@H]2CN2CCCCc3cc(Cl)ccc3COc3ccc(cc32)C(=O)NS1(=O)=O. The summed E-state index contributed by atoms with van der Waals surface area (Å²) >= 11 is 6.33. The molecule has 0 saturated heterocycles. The Hall–Kier alpha value is -2.14. The minimum atomic E-state index is -3.95. The van der Waals surface area contributed by atoms with Gasteiger partial charge in [0, 0.05) is 46.5 Å². The maximum absolute atomic E-state index is 13.4. The van der Waals surface area contributed by atoms with Crippen LogP contribution in [0, 0.1) is 17.8 Å². The first-order chi connectivity index (χ1) is 21.4. The first-order valence-electron chi connectivity index (χ1n) is 16.2. The molecule has 1 amide bonds. The summed E-state index contributed by atoms with van der Waals surface area (Å²) in [5.74, 6) is 0.441. The Kier molecular flexibility index (Phi) is 10.9. The number of halogens is 1. The van der Waals surface area contributed by atoms with E-state index in [0.29, 0.717) is 61.9 Å². The lowest BCUT2D eigenvalue weighted by Gasteiger charge is -2.49. The van der Waals surface area contributed by atoms with E-state index in [1.165, 1.54) is 0 Å². The molecular weight excluding hydrogens is 632 g/mol. The number of rotatable bonds is 3. The second kappa shape index (κ2) is 14.3. The maximum Gasteiger partial charge on any atom is 0.264 e. The molecule has 5 rings (SSSR count). The highest BCUT2D eigenvalue weighted by atomic mass is 35.5. The van der Waals surface area contributed by atoms with Gasteiger partial charge in [-0.3, -0.25) is 9.00 Å². The molecule has 1 fully saturated rings. The minimum absolute atomic E-state index is 0.0471. The van der Waals surface area contributed by atoms with Crippen molar-refractivity contribution in [2.45, 2.75) is 89.1 Å². The van der Waals surface area contributed by atoms with Crippen LogP contribution in [0.15, 0.2) is 36.4 Å². The molecule has 0 radical (unpaired) electrons. The summed E-state index contributed by atoms with van der Waals surface area (Å²) in [7, 11) is -4.98. The van der Waals surface area contributed by atoms with Gasteiger partial charge in [0.05, 0.1) is 16.5 Å². The molecule has 45 heavy (non-hydrogen) atoms. The Morgan fingerprint density at radius 2 is 1.89 bits per heavy atom. The lowest BCUT2D eigenvalue weighted by molar-refractivity contribution is -0.0901. The minimum Gasteiger partial charge on any atom is -0.487 e. The fraction of sp³-hybridized carbons (Fsp3) is 0.618. The lowest BCUT2D eigenvalue weighted by Crippen LogP contribution is -2.51. The zero-order valence-electron chi connectivity index (χ0n) is 26.6. The molecule has 1 saturated carbocycles. The number of nitrogens with one attached hydrogen (secondary N) is 1. The van der Waals surface area contributed by atoms with E-state index in [9.17, 15) is 22.5 Å². The van der Waals surface area contributed by atoms with E-state index in [2.05, 4.69) is 9.62 Å². The molecule has 2 heterocycles. The summed E-state index contributed by atoms with van der Waals surface area (Å²) in [4.78, 5) is 15.7. The molecular formula is C34H47ClN2O6S2. The van der Waals surface area contributed by atoms with Crippen LogP contribution in [0.25, 0.3) is 0 Å². The fourth-order valence-corrected chi connectivity index (χ4v) is 9.37. The normalized spacial score (nSPS) is 29.9. The number of fused-ring (bicyclic) bond motifs is 3. The van der Waals surface area contributed by atoms with Gasteiger partial charge >= 0.3 is 0 Å². The number of nitrogens with zero attached hydrogens (tertiary/aromatic N) is 1. The molecule has 3 aliphatic rings. The number of sulfonamides is 1. The van der Waals surface area contributed by atoms with Crippen LogP contribution in [0.1, 0.15) is 86.7 Å². The Balaban J connectivity index is 1.55. The third kappa shape index (κ3) is 8.06. The van der Waals surface area contributed by atoms with Crippen LogP contribution in [0.2, 0.25) is 5.02 Å². The predicted molar refractivity (Wildman–Crippen MR) is 181 cm³/mol. The first-order valence-corrected chi connectivity index (χ1v) is 19.9. The topological polar surface area (TPSA) is 113 Å². The Morgan fingerprint density at radius 1 is 1.09 bits per heavy atom. The quantitative estimate of drug-likeness (QED) is 0.419. The number of benzene rings is 2. The van der Waals surface area contributed by atoms with Crippen molar-refractivity contribution in [3.05, 3.63) is 58.1 Å². The number of aryl methyl sites for hydroxylation is 1. The van der Waals surface area contributed by atoms with Crippen LogP contribution >= 0.6 is 11.6 Å². The summed E-state index contributed by atoms with van der Waals surface area (Å²) in [6.45, 7) is 5.24. The molecule has 6 atom stereocenters. The number of carbonyl (C=O) groups is 1.